The third-order valence-corrected chi connectivity index (χ3v) is 3.21. The van der Waals surface area contributed by atoms with Crippen molar-refractivity contribution >= 4 is 0 Å². The lowest BCUT2D eigenvalue weighted by molar-refractivity contribution is 0.427. The van der Waals surface area contributed by atoms with Gasteiger partial charge in [-0.05, 0) is 57.4 Å². The molecule has 0 bridgehead atoms. The van der Waals surface area contributed by atoms with Crippen LogP contribution >= 0.6 is 0 Å². The van der Waals surface area contributed by atoms with Crippen LogP contribution in [0.15, 0.2) is 28.2 Å². The third kappa shape index (κ3) is 2.91. The molecule has 1 aliphatic rings. The molecule has 1 heterocycles. The van der Waals surface area contributed by atoms with Crippen LogP contribution in [0.1, 0.15) is 38.2 Å². The summed E-state index contributed by atoms with van der Waals surface area (Å²) in [6.45, 7) is 4.99. The molecular weight excluding hydrogens is 210 g/mol. The van der Waals surface area contributed by atoms with Crippen molar-refractivity contribution < 1.29 is 0 Å². The summed E-state index contributed by atoms with van der Waals surface area (Å²) in [6.07, 6.45) is 4.43. The molecule has 1 unspecified atom stereocenters. The molecule has 2 rings (SSSR count). The van der Waals surface area contributed by atoms with E-state index in [1.165, 1.54) is 12.0 Å². The van der Waals surface area contributed by atoms with Crippen LogP contribution in [0, 0.1) is 6.92 Å². The van der Waals surface area contributed by atoms with Gasteiger partial charge in [-0.25, -0.2) is 0 Å². The first-order valence-corrected chi connectivity index (χ1v) is 6.39. The fraction of sp³-hybridized carbons (Fsp3) is 0.571. The minimum absolute atomic E-state index is 0.245. The van der Waals surface area contributed by atoms with E-state index in [2.05, 4.69) is 32.0 Å². The maximum atomic E-state index is 5.49. The summed E-state index contributed by atoms with van der Waals surface area (Å²) in [4.78, 5) is 9.47. The Balaban J connectivity index is 2.09. The molecular formula is C14H21N3. The quantitative estimate of drug-likeness (QED) is 0.767. The van der Waals surface area contributed by atoms with Crippen LogP contribution in [0.5, 0.6) is 0 Å². The van der Waals surface area contributed by atoms with Crippen LogP contribution in [0.25, 0.3) is 0 Å². The van der Waals surface area contributed by atoms with Crippen molar-refractivity contribution in [2.45, 2.75) is 45.2 Å². The molecule has 3 heteroatoms. The van der Waals surface area contributed by atoms with E-state index < -0.39 is 0 Å². The van der Waals surface area contributed by atoms with Crippen LogP contribution in [-0.4, -0.2) is 12.2 Å². The average Bonchev–Trinajstić information content (AvgIpc) is 2.60. The predicted molar refractivity (Wildman–Crippen MR) is 69.4 cm³/mol. The molecule has 1 aromatic carbocycles. The first-order valence-electron chi connectivity index (χ1n) is 6.39. The minimum atomic E-state index is -0.245. The molecule has 17 heavy (non-hydrogen) atoms. The van der Waals surface area contributed by atoms with Crippen molar-refractivity contribution in [3.8, 4) is 0 Å². The Morgan fingerprint density at radius 2 is 1.88 bits per heavy atom. The van der Waals surface area contributed by atoms with E-state index in [1.807, 2.05) is 0 Å². The van der Waals surface area contributed by atoms with Crippen LogP contribution < -0.4 is 16.4 Å². The third-order valence-electron chi connectivity index (χ3n) is 3.21. The van der Waals surface area contributed by atoms with Crippen LogP contribution in [-0.2, 0) is 0 Å². The molecule has 0 aliphatic carbocycles. The Labute approximate surface area is 102 Å². The van der Waals surface area contributed by atoms with Gasteiger partial charge in [0.15, 0.2) is 0 Å². The van der Waals surface area contributed by atoms with Crippen LogP contribution in [0.3, 0.4) is 0 Å². The van der Waals surface area contributed by atoms with Gasteiger partial charge in [0, 0.05) is 0 Å². The molecule has 1 atom stereocenters. The summed E-state index contributed by atoms with van der Waals surface area (Å²) in [5.41, 5.74) is 6.49. The van der Waals surface area contributed by atoms with Crippen LogP contribution in [0.4, 0.5) is 0 Å². The maximum Gasteiger partial charge on any atom is 0.148 e. The van der Waals surface area contributed by atoms with Gasteiger partial charge in [-0.2, -0.15) is 0 Å². The Morgan fingerprint density at radius 3 is 2.65 bits per heavy atom. The molecule has 0 fully saturated rings. The van der Waals surface area contributed by atoms with E-state index in [0.717, 1.165) is 36.5 Å². The molecule has 0 aromatic heterocycles. The highest BCUT2D eigenvalue weighted by Gasteiger charge is 2.24. The fourth-order valence-corrected chi connectivity index (χ4v) is 2.25. The molecule has 0 radical (unpaired) electrons. The zero-order valence-corrected chi connectivity index (χ0v) is 10.7. The molecule has 0 saturated carbocycles. The molecule has 2 N–H and O–H groups in total. The van der Waals surface area contributed by atoms with E-state index >= 15 is 0 Å². The lowest BCUT2D eigenvalue weighted by Crippen LogP contribution is -2.20. The second kappa shape index (κ2) is 4.96. The van der Waals surface area contributed by atoms with E-state index in [0.29, 0.717) is 0 Å². The highest BCUT2D eigenvalue weighted by molar-refractivity contribution is 5.15. The Hall–Kier alpha value is -1.22. The lowest BCUT2D eigenvalue weighted by atomic mass is 10.1. The highest BCUT2D eigenvalue weighted by atomic mass is 15.1. The number of unbranched alkanes of at least 4 members (excludes halogenated alkanes) is 2. The molecule has 0 saturated heterocycles. The maximum absolute atomic E-state index is 5.49. The number of hydrogen-bond acceptors (Lipinski definition) is 3. The van der Waals surface area contributed by atoms with E-state index in [1.54, 1.807) is 0 Å². The molecule has 0 spiro atoms. The summed E-state index contributed by atoms with van der Waals surface area (Å²) in [6, 6.07) is 6.28. The number of rotatable bonds is 5. The van der Waals surface area contributed by atoms with Gasteiger partial charge in [-0.1, -0.05) is 12.5 Å². The Bertz CT molecular complexity index is 507. The molecule has 3 nitrogen and oxygen atoms in total. The van der Waals surface area contributed by atoms with Crippen molar-refractivity contribution in [3.05, 3.63) is 34.5 Å². The van der Waals surface area contributed by atoms with E-state index in [9.17, 15) is 0 Å². The van der Waals surface area contributed by atoms with Gasteiger partial charge < -0.3 is 5.73 Å². The zero-order valence-electron chi connectivity index (χ0n) is 10.7. The molecule has 92 valence electrons. The van der Waals surface area contributed by atoms with Crippen molar-refractivity contribution in [3.63, 3.8) is 0 Å². The number of nitrogens with two attached hydrogens (primary N) is 1. The standard InChI is InChI=1S/C14H21N3/c1-11-6-7-12-13(10-11)17-14(2,16-12)8-4-3-5-9-15/h6-7,10H,3-5,8-9,15H2,1-2H3. The van der Waals surface area contributed by atoms with Gasteiger partial charge in [-0.3, -0.25) is 9.98 Å². The summed E-state index contributed by atoms with van der Waals surface area (Å²) >= 11 is 0. The number of nitrogens with zero attached hydrogens (tertiary/aromatic N) is 2. The number of benzene rings is 1. The predicted octanol–water partition coefficient (Wildman–Crippen LogP) is 1.48. The van der Waals surface area contributed by atoms with Gasteiger partial charge >= 0.3 is 0 Å². The number of fused-ring (bicyclic) bond motifs is 1. The highest BCUT2D eigenvalue weighted by Crippen LogP contribution is 2.21. The van der Waals surface area contributed by atoms with Gasteiger partial charge in [-0.15, -0.1) is 0 Å². The first-order chi connectivity index (χ1) is 8.13. The van der Waals surface area contributed by atoms with Crippen molar-refractivity contribution in [1.29, 1.82) is 0 Å². The van der Waals surface area contributed by atoms with Gasteiger partial charge in [0.05, 0.1) is 10.7 Å². The van der Waals surface area contributed by atoms with Crippen molar-refractivity contribution in [1.82, 2.24) is 0 Å². The van der Waals surface area contributed by atoms with Gasteiger partial charge in [0.1, 0.15) is 5.66 Å². The molecule has 1 aromatic rings. The Kier molecular flexibility index (Phi) is 3.57. The minimum Gasteiger partial charge on any atom is -0.330 e. The summed E-state index contributed by atoms with van der Waals surface area (Å²) in [7, 11) is 0. The van der Waals surface area contributed by atoms with E-state index in [4.69, 9.17) is 15.7 Å². The van der Waals surface area contributed by atoms with Gasteiger partial charge in [0.2, 0.25) is 0 Å². The van der Waals surface area contributed by atoms with Crippen LogP contribution in [0.2, 0.25) is 0 Å². The van der Waals surface area contributed by atoms with Crippen molar-refractivity contribution in [2.24, 2.45) is 15.7 Å². The number of aryl methyl sites for hydroxylation is 1. The van der Waals surface area contributed by atoms with Crippen molar-refractivity contribution in [2.75, 3.05) is 6.54 Å². The topological polar surface area (TPSA) is 50.7 Å². The summed E-state index contributed by atoms with van der Waals surface area (Å²) in [5.74, 6) is 0. The molecule has 1 aliphatic heterocycles. The smallest absolute Gasteiger partial charge is 0.148 e. The van der Waals surface area contributed by atoms with Gasteiger partial charge in [0.25, 0.3) is 0 Å². The monoisotopic (exact) mass is 231 g/mol. The normalized spacial score (nSPS) is 21.8. The SMILES string of the molecule is Cc1ccc2c(c1)=NC(C)(CCCCCN)N=2. The Morgan fingerprint density at radius 1 is 1.12 bits per heavy atom. The zero-order chi connectivity index (χ0) is 12.3. The second-order valence-corrected chi connectivity index (χ2v) is 5.03. The molecule has 0 amide bonds. The largest absolute Gasteiger partial charge is 0.330 e. The fourth-order valence-electron chi connectivity index (χ4n) is 2.25. The lowest BCUT2D eigenvalue weighted by Gasteiger charge is -2.16. The average molecular weight is 231 g/mol. The van der Waals surface area contributed by atoms with E-state index in [-0.39, 0.29) is 5.66 Å². The first kappa shape index (κ1) is 12.2. The number of hydrogen-bond donors (Lipinski definition) is 1. The summed E-state index contributed by atoms with van der Waals surface area (Å²) < 4.78 is 0. The summed E-state index contributed by atoms with van der Waals surface area (Å²) in [5, 5.41) is 2.09. The second-order valence-electron chi connectivity index (χ2n) is 5.03.